The molecule has 0 radical (unpaired) electrons. The van der Waals surface area contributed by atoms with Crippen LogP contribution in [0.15, 0.2) is 54.6 Å². The van der Waals surface area contributed by atoms with Gasteiger partial charge in [-0.3, -0.25) is 14.9 Å². The van der Waals surface area contributed by atoms with Crippen molar-refractivity contribution in [3.05, 3.63) is 80.4 Å². The average Bonchev–Trinajstić information content (AvgIpc) is 3.47. The largest absolute Gasteiger partial charge is 0.496 e. The number of amides is 1. The lowest BCUT2D eigenvalue weighted by Gasteiger charge is -2.24. The van der Waals surface area contributed by atoms with Crippen LogP contribution in [0.5, 0.6) is 11.5 Å². The molecule has 14 nitrogen and oxygen atoms in total. The van der Waals surface area contributed by atoms with Crippen LogP contribution in [0.25, 0.3) is 11.1 Å². The Morgan fingerprint density at radius 1 is 1.07 bits per heavy atom. The van der Waals surface area contributed by atoms with Gasteiger partial charge in [-0.2, -0.15) is 0 Å². The maximum Gasteiger partial charge on any atom is 0.372 e. The third-order valence-corrected chi connectivity index (χ3v) is 6.76. The summed E-state index contributed by atoms with van der Waals surface area (Å²) in [5, 5.41) is 35.0. The summed E-state index contributed by atoms with van der Waals surface area (Å²) >= 11 is 0. The number of carbonyl (C=O) groups excluding carboxylic acids is 1. The molecule has 4 rings (SSSR count). The number of carboxylic acid groups (broad SMARTS) is 1. The molecule has 1 aromatic heterocycles. The molecular weight excluding hydrogens is 538 g/mol. The summed E-state index contributed by atoms with van der Waals surface area (Å²) in [6.07, 6.45) is 0.797. The number of carbonyl (C=O) groups is 2. The van der Waals surface area contributed by atoms with E-state index in [-0.39, 0.29) is 18.8 Å². The number of ether oxygens (including phenoxy) is 2. The smallest absolute Gasteiger partial charge is 0.372 e. The Balaban J connectivity index is 1.52. The van der Waals surface area contributed by atoms with Gasteiger partial charge in [-0.05, 0) is 46.0 Å². The van der Waals surface area contributed by atoms with Crippen molar-refractivity contribution in [3.63, 3.8) is 0 Å². The van der Waals surface area contributed by atoms with Crippen LogP contribution >= 0.6 is 0 Å². The van der Waals surface area contributed by atoms with Crippen molar-refractivity contribution in [3.8, 4) is 22.6 Å². The van der Waals surface area contributed by atoms with Crippen LogP contribution in [-0.2, 0) is 16.0 Å². The van der Waals surface area contributed by atoms with Crippen LogP contribution in [0.4, 0.5) is 17.3 Å². The maximum atomic E-state index is 13.2. The van der Waals surface area contributed by atoms with E-state index in [1.54, 1.807) is 56.7 Å². The van der Waals surface area contributed by atoms with Gasteiger partial charge < -0.3 is 34.9 Å². The fraction of sp³-hybridized carbons (Fsp3) is 0.296. The molecule has 1 saturated heterocycles. The molecular formula is C27H27N5O9. The Hall–Kier alpha value is -5.27. The predicted octanol–water partition coefficient (Wildman–Crippen LogP) is 3.36. The number of carboxylic acids is 1. The first-order chi connectivity index (χ1) is 19.6. The second-order valence-electron chi connectivity index (χ2n) is 9.25. The third-order valence-electron chi connectivity index (χ3n) is 6.76. The average molecular weight is 566 g/mol. The van der Waals surface area contributed by atoms with Gasteiger partial charge in [0.15, 0.2) is 0 Å². The van der Waals surface area contributed by atoms with Crippen LogP contribution in [0, 0.1) is 20.2 Å². The monoisotopic (exact) mass is 565 g/mol. The van der Waals surface area contributed by atoms with Gasteiger partial charge >= 0.3 is 11.8 Å². The Kier molecular flexibility index (Phi) is 8.60. The van der Waals surface area contributed by atoms with E-state index in [1.807, 2.05) is 0 Å². The minimum absolute atomic E-state index is 0.0162. The number of nitro groups is 2. The highest BCUT2D eigenvalue weighted by molar-refractivity contribution is 5.89. The van der Waals surface area contributed by atoms with Crippen molar-refractivity contribution in [2.75, 3.05) is 25.7 Å². The van der Waals surface area contributed by atoms with Gasteiger partial charge in [-0.25, -0.2) is 4.79 Å². The van der Waals surface area contributed by atoms with E-state index in [2.05, 4.69) is 10.3 Å². The van der Waals surface area contributed by atoms with Crippen LogP contribution in [0.3, 0.4) is 0 Å². The first kappa shape index (κ1) is 28.7. The van der Waals surface area contributed by atoms with Crippen molar-refractivity contribution >= 4 is 29.2 Å². The normalized spacial score (nSPS) is 15.2. The highest BCUT2D eigenvalue weighted by Crippen LogP contribution is 2.38. The lowest BCUT2D eigenvalue weighted by molar-refractivity contribution is -0.397. The van der Waals surface area contributed by atoms with Gasteiger partial charge in [0.25, 0.3) is 11.5 Å². The van der Waals surface area contributed by atoms with Crippen molar-refractivity contribution in [2.45, 2.75) is 31.3 Å². The molecule has 1 amide bonds. The van der Waals surface area contributed by atoms with Crippen molar-refractivity contribution in [1.82, 2.24) is 10.3 Å². The van der Waals surface area contributed by atoms with E-state index < -0.39 is 45.3 Å². The van der Waals surface area contributed by atoms with Crippen molar-refractivity contribution < 1.29 is 34.0 Å². The zero-order chi connectivity index (χ0) is 29.7. The van der Waals surface area contributed by atoms with Crippen LogP contribution in [0.2, 0.25) is 0 Å². The topological polar surface area (TPSA) is 187 Å². The predicted molar refractivity (Wildman–Crippen MR) is 146 cm³/mol. The first-order valence-corrected chi connectivity index (χ1v) is 12.5. The summed E-state index contributed by atoms with van der Waals surface area (Å²) in [7, 11) is 3.10. The second kappa shape index (κ2) is 12.3. The van der Waals surface area contributed by atoms with Crippen LogP contribution in [0.1, 0.15) is 18.4 Å². The molecule has 2 aromatic carbocycles. The van der Waals surface area contributed by atoms with E-state index in [0.29, 0.717) is 29.9 Å². The lowest BCUT2D eigenvalue weighted by Crippen LogP contribution is -2.50. The van der Waals surface area contributed by atoms with E-state index in [1.165, 1.54) is 4.90 Å². The van der Waals surface area contributed by atoms with E-state index in [4.69, 9.17) is 9.47 Å². The Labute approximate surface area is 233 Å². The minimum Gasteiger partial charge on any atom is -0.496 e. The standard InChI is InChI=1S/C27H27N5O9/c1-40-21-6-3-7-22(41-2)25(21)17-10-8-16(9-11-17)13-19(27(34)35)28-26(33)20-5-4-12-30(20)23-14-18(31(36)37)15-24(29-23)32(38)39/h3,6-11,14-15,19-20H,4-5,12-13H2,1-2H3,(H,28,33)(H,34,35)/t19-,20+/m0/s1. The number of methoxy groups -OCH3 is 2. The molecule has 0 bridgehead atoms. The van der Waals surface area contributed by atoms with E-state index >= 15 is 0 Å². The lowest BCUT2D eigenvalue weighted by atomic mass is 9.99. The molecule has 2 N–H and O–H groups in total. The number of aliphatic carboxylic acids is 1. The quantitative estimate of drug-likeness (QED) is 0.256. The summed E-state index contributed by atoms with van der Waals surface area (Å²) < 4.78 is 10.9. The van der Waals surface area contributed by atoms with Crippen molar-refractivity contribution in [1.29, 1.82) is 0 Å². The number of rotatable bonds is 11. The summed E-state index contributed by atoms with van der Waals surface area (Å²) in [6, 6.07) is 12.1. The van der Waals surface area contributed by atoms with Gasteiger partial charge in [0.2, 0.25) is 5.91 Å². The molecule has 1 aliphatic rings. The highest BCUT2D eigenvalue weighted by Gasteiger charge is 2.37. The second-order valence-corrected chi connectivity index (χ2v) is 9.25. The molecule has 0 aliphatic carbocycles. The van der Waals surface area contributed by atoms with Gasteiger partial charge in [-0.15, -0.1) is 0 Å². The van der Waals surface area contributed by atoms with Gasteiger partial charge in [0.1, 0.15) is 29.6 Å². The summed E-state index contributed by atoms with van der Waals surface area (Å²) in [4.78, 5) is 51.5. The maximum absolute atomic E-state index is 13.2. The Morgan fingerprint density at radius 2 is 1.73 bits per heavy atom. The van der Waals surface area contributed by atoms with Crippen molar-refractivity contribution in [2.24, 2.45) is 0 Å². The molecule has 14 heteroatoms. The summed E-state index contributed by atoms with van der Waals surface area (Å²) in [6.45, 7) is 0.259. The van der Waals surface area contributed by atoms with Gasteiger partial charge in [0.05, 0.1) is 30.8 Å². The summed E-state index contributed by atoms with van der Waals surface area (Å²) in [5.41, 5.74) is 1.64. The van der Waals surface area contributed by atoms with Gasteiger partial charge in [-0.1, -0.05) is 30.3 Å². The number of hydrogen-bond acceptors (Lipinski definition) is 10. The van der Waals surface area contributed by atoms with Gasteiger partial charge in [0, 0.05) is 13.0 Å². The number of aromatic nitrogens is 1. The molecule has 41 heavy (non-hydrogen) atoms. The van der Waals surface area contributed by atoms with Crippen LogP contribution in [-0.4, -0.2) is 64.7 Å². The minimum atomic E-state index is -1.27. The molecule has 0 unspecified atom stereocenters. The highest BCUT2D eigenvalue weighted by atomic mass is 16.6. The number of anilines is 1. The Morgan fingerprint density at radius 3 is 2.29 bits per heavy atom. The number of benzene rings is 2. The number of hydrogen-bond donors (Lipinski definition) is 2. The first-order valence-electron chi connectivity index (χ1n) is 12.5. The van der Waals surface area contributed by atoms with E-state index in [9.17, 15) is 34.9 Å². The molecule has 3 aromatic rings. The molecule has 0 spiro atoms. The zero-order valence-electron chi connectivity index (χ0n) is 22.2. The zero-order valence-corrected chi connectivity index (χ0v) is 22.2. The molecule has 0 saturated carbocycles. The Bertz CT molecular complexity index is 1420. The molecule has 1 fully saturated rings. The summed E-state index contributed by atoms with van der Waals surface area (Å²) in [5.74, 6) is -1.48. The molecule has 214 valence electrons. The number of pyridine rings is 1. The fourth-order valence-corrected chi connectivity index (χ4v) is 4.79. The number of nitrogens with one attached hydrogen (secondary N) is 1. The van der Waals surface area contributed by atoms with Crippen LogP contribution < -0.4 is 19.7 Å². The third kappa shape index (κ3) is 6.32. The molecule has 2 heterocycles. The van der Waals surface area contributed by atoms with E-state index in [0.717, 1.165) is 23.3 Å². The number of nitrogens with zero attached hydrogens (tertiary/aromatic N) is 4. The molecule has 2 atom stereocenters. The fourth-order valence-electron chi connectivity index (χ4n) is 4.79. The molecule has 1 aliphatic heterocycles. The SMILES string of the molecule is COc1cccc(OC)c1-c1ccc(C[C@H](NC(=O)[C@H]2CCCN2c2cc([N+](=O)[O-])cc([N+](=O)[O-])n2)C(=O)O)cc1.